The number of carbonyl (C=O) groups excluding carboxylic acids is 2. The molecule has 136 valence electrons. The van der Waals surface area contributed by atoms with Crippen molar-refractivity contribution in [3.8, 4) is 0 Å². The minimum Gasteiger partial charge on any atom is -0.368 e. The summed E-state index contributed by atoms with van der Waals surface area (Å²) in [7, 11) is 0. The first-order valence-corrected chi connectivity index (χ1v) is 9.02. The summed E-state index contributed by atoms with van der Waals surface area (Å²) in [6.07, 6.45) is 2.88. The molecule has 1 N–H and O–H groups in total. The Labute approximate surface area is 148 Å². The van der Waals surface area contributed by atoms with Gasteiger partial charge in [0.1, 0.15) is 11.9 Å². The molecule has 7 heteroatoms. The summed E-state index contributed by atoms with van der Waals surface area (Å²) in [5.74, 6) is 0.684. The average molecular weight is 346 g/mol. The van der Waals surface area contributed by atoms with Gasteiger partial charge in [-0.15, -0.1) is 0 Å². The van der Waals surface area contributed by atoms with E-state index in [1.165, 1.54) is 0 Å². The van der Waals surface area contributed by atoms with Gasteiger partial charge in [0.15, 0.2) is 0 Å². The number of nitrogens with zero attached hydrogens (tertiary/aromatic N) is 3. The molecule has 3 rings (SSSR count). The predicted molar refractivity (Wildman–Crippen MR) is 91.6 cm³/mol. The van der Waals surface area contributed by atoms with Crippen molar-refractivity contribution in [1.29, 1.82) is 0 Å². The van der Waals surface area contributed by atoms with Crippen molar-refractivity contribution in [3.05, 3.63) is 23.3 Å². The van der Waals surface area contributed by atoms with Gasteiger partial charge in [0.25, 0.3) is 5.91 Å². The number of aromatic nitrogens is 2. The average Bonchev–Trinajstić information content (AvgIpc) is 3.13. The quantitative estimate of drug-likeness (QED) is 0.883. The highest BCUT2D eigenvalue weighted by molar-refractivity contribution is 5.82. The van der Waals surface area contributed by atoms with E-state index in [0.29, 0.717) is 44.9 Å². The van der Waals surface area contributed by atoms with Crippen LogP contribution in [-0.4, -0.2) is 52.5 Å². The minimum absolute atomic E-state index is 0.0203. The first kappa shape index (κ1) is 17.8. The van der Waals surface area contributed by atoms with Gasteiger partial charge in [-0.2, -0.15) is 0 Å². The summed E-state index contributed by atoms with van der Waals surface area (Å²) in [4.78, 5) is 35.2. The van der Waals surface area contributed by atoms with Crippen molar-refractivity contribution in [2.45, 2.75) is 52.2 Å². The van der Waals surface area contributed by atoms with E-state index in [4.69, 9.17) is 4.74 Å². The number of hydrogen-bond donors (Lipinski definition) is 1. The number of hydrogen-bond acceptors (Lipinski definition) is 5. The van der Waals surface area contributed by atoms with Crippen molar-refractivity contribution in [3.63, 3.8) is 0 Å². The number of amides is 2. The van der Waals surface area contributed by atoms with Crippen LogP contribution in [0.5, 0.6) is 0 Å². The Morgan fingerprint density at radius 1 is 1.20 bits per heavy atom. The van der Waals surface area contributed by atoms with E-state index in [0.717, 1.165) is 24.2 Å². The summed E-state index contributed by atoms with van der Waals surface area (Å²) in [6.45, 7) is 6.10. The van der Waals surface area contributed by atoms with Gasteiger partial charge in [0, 0.05) is 37.0 Å². The highest BCUT2D eigenvalue weighted by Crippen LogP contribution is 2.21. The molecule has 7 nitrogen and oxygen atoms in total. The lowest BCUT2D eigenvalue weighted by atomic mass is 9.95. The van der Waals surface area contributed by atoms with Gasteiger partial charge in [-0.05, 0) is 45.6 Å². The molecule has 1 aromatic rings. The summed E-state index contributed by atoms with van der Waals surface area (Å²) in [6, 6.07) is 1.91. The standard InChI is InChI=1S/C18H26N4O3/c1-12-10-13(2)21-16(20-12)11-19-17(23)14-5-7-22(8-6-14)18(24)15-4-3-9-25-15/h10,14-15H,3-9,11H2,1-2H3,(H,19,23)/t15-/m1/s1. The van der Waals surface area contributed by atoms with Crippen molar-refractivity contribution in [1.82, 2.24) is 20.2 Å². The lowest BCUT2D eigenvalue weighted by Gasteiger charge is -2.32. The molecule has 0 aliphatic carbocycles. The zero-order valence-electron chi connectivity index (χ0n) is 15.0. The number of ether oxygens (including phenoxy) is 1. The molecule has 0 spiro atoms. The fraction of sp³-hybridized carbons (Fsp3) is 0.667. The predicted octanol–water partition coefficient (Wildman–Crippen LogP) is 1.13. The lowest BCUT2D eigenvalue weighted by Crippen LogP contribution is -2.46. The molecule has 0 saturated carbocycles. The molecule has 2 saturated heterocycles. The van der Waals surface area contributed by atoms with Crippen molar-refractivity contribution < 1.29 is 14.3 Å². The van der Waals surface area contributed by atoms with E-state index < -0.39 is 0 Å². The highest BCUT2D eigenvalue weighted by atomic mass is 16.5. The van der Waals surface area contributed by atoms with Crippen LogP contribution >= 0.6 is 0 Å². The van der Waals surface area contributed by atoms with Crippen LogP contribution in [0, 0.1) is 19.8 Å². The Balaban J connectivity index is 1.45. The van der Waals surface area contributed by atoms with E-state index in [9.17, 15) is 9.59 Å². The first-order valence-electron chi connectivity index (χ1n) is 9.02. The Morgan fingerprint density at radius 2 is 1.88 bits per heavy atom. The number of rotatable bonds is 4. The molecule has 3 heterocycles. The second kappa shape index (κ2) is 7.91. The maximum absolute atomic E-state index is 12.4. The van der Waals surface area contributed by atoms with E-state index in [1.807, 2.05) is 24.8 Å². The fourth-order valence-corrected chi connectivity index (χ4v) is 3.53. The third-order valence-electron chi connectivity index (χ3n) is 4.83. The lowest BCUT2D eigenvalue weighted by molar-refractivity contribution is -0.143. The number of carbonyl (C=O) groups is 2. The van der Waals surface area contributed by atoms with Crippen molar-refractivity contribution in [2.75, 3.05) is 19.7 Å². The van der Waals surface area contributed by atoms with E-state index in [-0.39, 0.29) is 23.8 Å². The summed E-state index contributed by atoms with van der Waals surface area (Å²) in [5, 5.41) is 2.93. The monoisotopic (exact) mass is 346 g/mol. The van der Waals surface area contributed by atoms with Crippen LogP contribution in [0.3, 0.4) is 0 Å². The van der Waals surface area contributed by atoms with Crippen LogP contribution in [0.4, 0.5) is 0 Å². The Hall–Kier alpha value is -2.02. The smallest absolute Gasteiger partial charge is 0.251 e. The van der Waals surface area contributed by atoms with Crippen LogP contribution < -0.4 is 5.32 Å². The molecule has 2 aliphatic heterocycles. The molecule has 1 aromatic heterocycles. The van der Waals surface area contributed by atoms with Gasteiger partial charge >= 0.3 is 0 Å². The van der Waals surface area contributed by atoms with Crippen LogP contribution in [0.25, 0.3) is 0 Å². The molecule has 0 bridgehead atoms. The molecule has 25 heavy (non-hydrogen) atoms. The number of nitrogens with one attached hydrogen (secondary N) is 1. The summed E-state index contributed by atoms with van der Waals surface area (Å²) < 4.78 is 5.46. The minimum atomic E-state index is -0.271. The Bertz CT molecular complexity index is 615. The maximum Gasteiger partial charge on any atom is 0.251 e. The van der Waals surface area contributed by atoms with E-state index in [1.54, 1.807) is 0 Å². The third kappa shape index (κ3) is 4.54. The molecule has 0 radical (unpaired) electrons. The van der Waals surface area contributed by atoms with Gasteiger partial charge in [-0.25, -0.2) is 9.97 Å². The Morgan fingerprint density at radius 3 is 2.48 bits per heavy atom. The number of likely N-dealkylation sites (tertiary alicyclic amines) is 1. The van der Waals surface area contributed by atoms with E-state index in [2.05, 4.69) is 15.3 Å². The molecule has 2 amide bonds. The molecule has 0 aromatic carbocycles. The van der Waals surface area contributed by atoms with Crippen LogP contribution in [0.15, 0.2) is 6.07 Å². The normalized spacial score (nSPS) is 21.4. The first-order chi connectivity index (χ1) is 12.0. The van der Waals surface area contributed by atoms with Gasteiger partial charge in [-0.1, -0.05) is 0 Å². The van der Waals surface area contributed by atoms with Crippen LogP contribution in [0.2, 0.25) is 0 Å². The third-order valence-corrected chi connectivity index (χ3v) is 4.83. The topological polar surface area (TPSA) is 84.4 Å². The molecule has 1 atom stereocenters. The molecular formula is C18H26N4O3. The fourth-order valence-electron chi connectivity index (χ4n) is 3.53. The largest absolute Gasteiger partial charge is 0.368 e. The molecule has 0 unspecified atom stereocenters. The molecule has 2 aliphatic rings. The number of piperidine rings is 1. The van der Waals surface area contributed by atoms with Gasteiger partial charge in [-0.3, -0.25) is 9.59 Å². The maximum atomic E-state index is 12.4. The number of aryl methyl sites for hydroxylation is 2. The summed E-state index contributed by atoms with van der Waals surface area (Å²) in [5.41, 5.74) is 1.80. The summed E-state index contributed by atoms with van der Waals surface area (Å²) >= 11 is 0. The zero-order chi connectivity index (χ0) is 17.8. The zero-order valence-corrected chi connectivity index (χ0v) is 15.0. The van der Waals surface area contributed by atoms with E-state index >= 15 is 0 Å². The second-order valence-electron chi connectivity index (χ2n) is 6.89. The molecule has 2 fully saturated rings. The van der Waals surface area contributed by atoms with Crippen LogP contribution in [-0.2, 0) is 20.9 Å². The SMILES string of the molecule is Cc1cc(C)nc(CNC(=O)C2CCN(C(=O)[C@H]3CCCO3)CC2)n1. The van der Waals surface area contributed by atoms with Crippen LogP contribution in [0.1, 0.15) is 42.9 Å². The van der Waals surface area contributed by atoms with Crippen molar-refractivity contribution >= 4 is 11.8 Å². The second-order valence-corrected chi connectivity index (χ2v) is 6.89. The Kier molecular flexibility index (Phi) is 5.63. The molecular weight excluding hydrogens is 320 g/mol. The highest BCUT2D eigenvalue weighted by Gasteiger charge is 2.32. The van der Waals surface area contributed by atoms with Gasteiger partial charge in [0.05, 0.1) is 6.54 Å². The van der Waals surface area contributed by atoms with Gasteiger partial charge in [0.2, 0.25) is 5.91 Å². The van der Waals surface area contributed by atoms with Gasteiger partial charge < -0.3 is 15.0 Å². The van der Waals surface area contributed by atoms with Crippen molar-refractivity contribution in [2.24, 2.45) is 5.92 Å².